The van der Waals surface area contributed by atoms with Crippen molar-refractivity contribution in [1.29, 1.82) is 0 Å². The summed E-state index contributed by atoms with van der Waals surface area (Å²) in [6.45, 7) is 4.20. The lowest BCUT2D eigenvalue weighted by atomic mass is 10.0. The Balaban J connectivity index is 0.000000732. The molecule has 4 rings (SSSR count). The maximum Gasteiger partial charge on any atom is 0.378 e. The summed E-state index contributed by atoms with van der Waals surface area (Å²) in [5.41, 5.74) is 4.82. The van der Waals surface area contributed by atoms with E-state index in [1.54, 1.807) is 18.2 Å². The number of aryl methyl sites for hydroxylation is 2. The summed E-state index contributed by atoms with van der Waals surface area (Å²) in [4.78, 5) is 16.8. The third kappa shape index (κ3) is 8.24. The third-order valence-electron chi connectivity index (χ3n) is 5.27. The number of primary sulfonamides is 1. The fourth-order valence-corrected chi connectivity index (χ4v) is 5.37. The van der Waals surface area contributed by atoms with Crippen molar-refractivity contribution >= 4 is 37.5 Å². The first kappa shape index (κ1) is 29.5. The highest BCUT2D eigenvalue weighted by Crippen LogP contribution is 2.28. The molecule has 0 saturated carbocycles. The first-order valence-electron chi connectivity index (χ1n) is 11.1. The SMILES string of the molecule is CCc1cc(-c2ccccc2)cc(CC)[n+]1CC(=O)Oc1ccc2nc(S(N)(=O)=O)sc2c1.[O-][Cl+3]([O-])([O-])[O-]. The zero-order chi connectivity index (χ0) is 28.1. The van der Waals surface area contributed by atoms with Crippen LogP contribution in [-0.4, -0.2) is 19.4 Å². The average Bonchev–Trinajstić information content (AvgIpc) is 3.28. The number of nitrogens with zero attached hydrogens (tertiary/aromatic N) is 2. The number of hydrogen-bond acceptors (Lipinski definition) is 10. The van der Waals surface area contributed by atoms with Crippen molar-refractivity contribution in [2.24, 2.45) is 5.14 Å². The number of aromatic nitrogens is 2. The first-order valence-corrected chi connectivity index (χ1v) is 14.7. The summed E-state index contributed by atoms with van der Waals surface area (Å²) in [5, 5.41) is 5.16. The van der Waals surface area contributed by atoms with E-state index < -0.39 is 26.2 Å². The molecule has 2 aromatic heterocycles. The van der Waals surface area contributed by atoms with Crippen LogP contribution in [0, 0.1) is 10.2 Å². The van der Waals surface area contributed by atoms with Crippen LogP contribution in [0.4, 0.5) is 0 Å². The lowest BCUT2D eigenvalue weighted by Crippen LogP contribution is -2.68. The van der Waals surface area contributed by atoms with Crippen LogP contribution in [0.5, 0.6) is 5.75 Å². The fraction of sp³-hybridized carbons (Fsp3) is 0.208. The molecule has 14 heteroatoms. The molecule has 0 bridgehead atoms. The fourth-order valence-electron chi connectivity index (χ4n) is 3.69. The van der Waals surface area contributed by atoms with Crippen molar-refractivity contribution in [2.45, 2.75) is 37.6 Å². The molecule has 2 aromatic carbocycles. The second kappa shape index (κ2) is 12.2. The molecule has 0 unspecified atom stereocenters. The van der Waals surface area contributed by atoms with Crippen LogP contribution < -0.4 is 33.1 Å². The van der Waals surface area contributed by atoms with Gasteiger partial charge in [-0.25, -0.2) is 42.0 Å². The van der Waals surface area contributed by atoms with E-state index in [-0.39, 0.29) is 10.9 Å². The molecule has 4 aromatic rings. The molecular formula is C24H24ClN3O8S2. The zero-order valence-corrected chi connectivity index (χ0v) is 22.7. The molecule has 0 amide bonds. The van der Waals surface area contributed by atoms with E-state index in [2.05, 4.69) is 43.1 Å². The highest BCUT2D eigenvalue weighted by Gasteiger charge is 2.22. The Hall–Kier alpha value is -3.01. The molecule has 0 aliphatic carbocycles. The number of carbonyl (C=O) groups is 1. The molecular weight excluding hydrogens is 558 g/mol. The van der Waals surface area contributed by atoms with E-state index >= 15 is 0 Å². The van der Waals surface area contributed by atoms with Gasteiger partial charge < -0.3 is 4.74 Å². The average molecular weight is 582 g/mol. The topological polar surface area (TPSA) is 195 Å². The maximum absolute atomic E-state index is 12.8. The van der Waals surface area contributed by atoms with Gasteiger partial charge in [-0.2, -0.15) is 4.57 Å². The highest BCUT2D eigenvalue weighted by molar-refractivity contribution is 7.91. The summed E-state index contributed by atoms with van der Waals surface area (Å²) < 4.78 is 65.0. The van der Waals surface area contributed by atoms with Crippen molar-refractivity contribution in [1.82, 2.24) is 4.98 Å². The van der Waals surface area contributed by atoms with Crippen LogP contribution in [0.3, 0.4) is 0 Å². The summed E-state index contributed by atoms with van der Waals surface area (Å²) >= 11 is 0.941. The summed E-state index contributed by atoms with van der Waals surface area (Å²) in [6, 6.07) is 19.2. The van der Waals surface area contributed by atoms with E-state index in [1.165, 1.54) is 0 Å². The molecule has 11 nitrogen and oxygen atoms in total. The molecule has 0 radical (unpaired) electrons. The minimum atomic E-state index is -4.94. The van der Waals surface area contributed by atoms with Gasteiger partial charge in [-0.05, 0) is 23.3 Å². The highest BCUT2D eigenvalue weighted by atomic mass is 35.7. The number of benzene rings is 2. The summed E-state index contributed by atoms with van der Waals surface area (Å²) in [5.74, 6) is -0.0814. The van der Waals surface area contributed by atoms with Crippen molar-refractivity contribution in [2.75, 3.05) is 0 Å². The van der Waals surface area contributed by atoms with Crippen LogP contribution in [-0.2, 0) is 34.2 Å². The van der Waals surface area contributed by atoms with Crippen LogP contribution in [0.25, 0.3) is 21.3 Å². The van der Waals surface area contributed by atoms with Crippen LogP contribution in [0.2, 0.25) is 0 Å². The lowest BCUT2D eigenvalue weighted by molar-refractivity contribution is -2.00. The molecule has 0 fully saturated rings. The number of halogens is 1. The monoisotopic (exact) mass is 581 g/mol. The quantitative estimate of drug-likeness (QED) is 0.159. The number of hydrogen-bond donors (Lipinski definition) is 1. The van der Waals surface area contributed by atoms with Gasteiger partial charge in [0.15, 0.2) is 11.4 Å². The Morgan fingerprint density at radius 1 is 0.974 bits per heavy atom. The van der Waals surface area contributed by atoms with E-state index in [0.29, 0.717) is 16.0 Å². The van der Waals surface area contributed by atoms with E-state index in [0.717, 1.165) is 46.7 Å². The number of fused-ring (bicyclic) bond motifs is 1. The molecule has 2 heterocycles. The Morgan fingerprint density at radius 3 is 2.08 bits per heavy atom. The number of carbonyl (C=O) groups excluding carboxylic acids is 1. The Kier molecular flexibility index (Phi) is 9.51. The number of sulfonamides is 1. The van der Waals surface area contributed by atoms with Gasteiger partial charge >= 0.3 is 5.97 Å². The minimum Gasteiger partial charge on any atom is -0.422 e. The Labute approximate surface area is 225 Å². The minimum absolute atomic E-state index is 0.0740. The second-order valence-electron chi connectivity index (χ2n) is 7.89. The van der Waals surface area contributed by atoms with Crippen molar-refractivity contribution < 1.29 is 51.4 Å². The smallest absolute Gasteiger partial charge is 0.378 e. The molecule has 202 valence electrons. The van der Waals surface area contributed by atoms with Gasteiger partial charge in [0, 0.05) is 31.0 Å². The van der Waals surface area contributed by atoms with Gasteiger partial charge in [0.1, 0.15) is 5.75 Å². The molecule has 0 saturated heterocycles. The van der Waals surface area contributed by atoms with Crippen molar-refractivity contribution in [3.8, 4) is 16.9 Å². The lowest BCUT2D eigenvalue weighted by Gasteiger charge is -2.17. The van der Waals surface area contributed by atoms with Gasteiger partial charge in [0.25, 0.3) is 10.0 Å². The standard InChI is InChI=1S/C24H24N3O4S2.ClHO4/c1-3-18-12-17(16-8-6-5-7-9-16)13-19(4-2)27(18)15-23(28)31-20-10-11-21-22(14-20)32-24(26-21)33(25,29)30;2-1(3,4)5/h5-14H,3-4,15H2,1-2H3,(H2,25,29,30);(H,2,3,4,5)/q+1;/p-1. The van der Waals surface area contributed by atoms with Gasteiger partial charge in [-0.15, -0.1) is 21.6 Å². The molecule has 0 spiro atoms. The summed E-state index contributed by atoms with van der Waals surface area (Å²) in [7, 11) is -8.83. The second-order valence-corrected chi connectivity index (χ2v) is 11.4. The molecule has 0 aliphatic rings. The first-order chi connectivity index (χ1) is 17.8. The number of ether oxygens (including phenoxy) is 1. The maximum atomic E-state index is 12.8. The van der Waals surface area contributed by atoms with Crippen molar-refractivity contribution in [3.05, 3.63) is 72.1 Å². The molecule has 38 heavy (non-hydrogen) atoms. The van der Waals surface area contributed by atoms with Crippen LogP contribution >= 0.6 is 11.3 Å². The van der Waals surface area contributed by atoms with Gasteiger partial charge in [-0.3, -0.25) is 0 Å². The van der Waals surface area contributed by atoms with Crippen molar-refractivity contribution in [3.63, 3.8) is 0 Å². The summed E-state index contributed by atoms with van der Waals surface area (Å²) in [6.07, 6.45) is 1.54. The number of nitrogens with two attached hydrogens (primary N) is 1. The predicted molar refractivity (Wildman–Crippen MR) is 127 cm³/mol. The van der Waals surface area contributed by atoms with Gasteiger partial charge in [0.2, 0.25) is 10.9 Å². The van der Waals surface area contributed by atoms with Crippen LogP contribution in [0.1, 0.15) is 25.2 Å². The predicted octanol–water partition coefficient (Wildman–Crippen LogP) is -1.13. The van der Waals surface area contributed by atoms with Crippen LogP contribution in [0.15, 0.2) is 65.0 Å². The Morgan fingerprint density at radius 2 is 1.55 bits per heavy atom. The molecule has 0 aliphatic heterocycles. The zero-order valence-electron chi connectivity index (χ0n) is 20.3. The molecule has 0 atom stereocenters. The normalized spacial score (nSPS) is 11.7. The number of rotatable bonds is 7. The Bertz CT molecular complexity index is 1510. The number of thiazole rings is 1. The van der Waals surface area contributed by atoms with E-state index in [1.807, 2.05) is 22.8 Å². The number of pyridine rings is 1. The van der Waals surface area contributed by atoms with E-state index in [9.17, 15) is 13.2 Å². The largest absolute Gasteiger partial charge is 0.422 e. The third-order valence-corrected chi connectivity index (χ3v) is 7.61. The van der Waals surface area contributed by atoms with E-state index in [4.69, 9.17) is 28.5 Å². The number of esters is 1. The van der Waals surface area contributed by atoms with Gasteiger partial charge in [-0.1, -0.05) is 44.2 Å². The molecule has 2 N–H and O–H groups in total. The van der Waals surface area contributed by atoms with Gasteiger partial charge in [0.05, 0.1) is 10.2 Å².